The molecule has 0 saturated carbocycles. The van der Waals surface area contributed by atoms with Gasteiger partial charge in [0.05, 0.1) is 12.6 Å². The zero-order valence-corrected chi connectivity index (χ0v) is 14.2. The topological polar surface area (TPSA) is 111 Å². The number of alkyl halides is 2. The maximum Gasteiger partial charge on any atom is 0.477 e. The van der Waals surface area contributed by atoms with E-state index in [1.54, 1.807) is 0 Å². The van der Waals surface area contributed by atoms with Crippen molar-refractivity contribution in [1.29, 1.82) is 0 Å². The molecule has 0 spiro atoms. The first-order valence-electron chi connectivity index (χ1n) is 7.67. The van der Waals surface area contributed by atoms with Crippen molar-refractivity contribution in [3.05, 3.63) is 0 Å². The van der Waals surface area contributed by atoms with Crippen LogP contribution in [0.2, 0.25) is 0 Å². The summed E-state index contributed by atoms with van der Waals surface area (Å²) >= 11 is 0. The Morgan fingerprint density at radius 1 is 1.32 bits per heavy atom. The Bertz CT molecular complexity index is 571. The second-order valence-electron chi connectivity index (χ2n) is 6.60. The van der Waals surface area contributed by atoms with Gasteiger partial charge in [-0.15, -0.1) is 0 Å². The molecule has 3 amide bonds. The summed E-state index contributed by atoms with van der Waals surface area (Å²) in [7, 11) is 1.33. The Balaban J connectivity index is 2.06. The first-order chi connectivity index (χ1) is 11.5. The molecule has 0 aromatic rings. The lowest BCUT2D eigenvalue weighted by Gasteiger charge is -2.29. The number of ether oxygens (including phenoxy) is 2. The quantitative estimate of drug-likeness (QED) is 0.647. The minimum absolute atomic E-state index is 0.0206. The molecule has 0 aromatic carbocycles. The molecule has 2 aliphatic rings. The lowest BCUT2D eigenvalue weighted by atomic mass is 10.0. The molecule has 0 aromatic heterocycles. The molecule has 2 N–H and O–H groups in total. The fraction of sp³-hybridized carbons (Fsp3) is 0.786. The van der Waals surface area contributed by atoms with E-state index in [0.717, 1.165) is 4.90 Å². The predicted molar refractivity (Wildman–Crippen MR) is 78.0 cm³/mol. The number of rotatable bonds is 7. The van der Waals surface area contributed by atoms with Crippen molar-refractivity contribution in [2.75, 3.05) is 20.3 Å². The van der Waals surface area contributed by atoms with Crippen LogP contribution in [0.1, 0.15) is 26.7 Å². The van der Waals surface area contributed by atoms with Crippen LogP contribution in [0.15, 0.2) is 0 Å². The molecule has 2 saturated heterocycles. The smallest absolute Gasteiger partial charge is 0.451 e. The van der Waals surface area contributed by atoms with Crippen LogP contribution >= 0.6 is 0 Å². The minimum atomic E-state index is -4.37. The lowest BCUT2D eigenvalue weighted by molar-refractivity contribution is -0.333. The van der Waals surface area contributed by atoms with Gasteiger partial charge in [-0.3, -0.25) is 4.79 Å². The number of nitrogens with two attached hydrogens (primary N) is 1. The van der Waals surface area contributed by atoms with Crippen molar-refractivity contribution in [2.45, 2.75) is 50.5 Å². The minimum Gasteiger partial charge on any atom is -0.451 e. The van der Waals surface area contributed by atoms with Gasteiger partial charge < -0.3 is 20.1 Å². The second kappa shape index (κ2) is 6.71. The maximum atomic E-state index is 14.1. The fourth-order valence-corrected chi connectivity index (χ4v) is 2.89. The summed E-state index contributed by atoms with van der Waals surface area (Å²) in [4.78, 5) is 40.7. The van der Waals surface area contributed by atoms with Crippen LogP contribution in [-0.2, 0) is 23.9 Å². The van der Waals surface area contributed by atoms with Gasteiger partial charge >= 0.3 is 18.1 Å². The van der Waals surface area contributed by atoms with Crippen LogP contribution < -0.4 is 5.73 Å². The average Bonchev–Trinajstić information content (AvgIpc) is 2.71. The molecular formula is C14H21F2N3O6. The molecular weight excluding hydrogens is 344 g/mol. The number of piperidine rings is 1. The van der Waals surface area contributed by atoms with E-state index in [4.69, 9.17) is 15.2 Å². The Morgan fingerprint density at radius 3 is 2.52 bits per heavy atom. The largest absolute Gasteiger partial charge is 0.477 e. The number of carbonyl (C=O) groups is 3. The van der Waals surface area contributed by atoms with Gasteiger partial charge in [0.25, 0.3) is 0 Å². The molecule has 0 radical (unpaired) electrons. The standard InChI is InChI=1S/C14H21F2N3O6/c1-13(2,7-23-3)24-11(21)14(15,16)25-19-8-4-5-9(10(17)20)18(6-8)12(19)22/h8-9H,4-7H2,1-3H3,(H2,17,20)/t8-,9+/m1/s1. The number of hydrogen-bond acceptors (Lipinski definition) is 6. The Morgan fingerprint density at radius 2 is 1.96 bits per heavy atom. The van der Waals surface area contributed by atoms with E-state index in [-0.39, 0.29) is 26.0 Å². The summed E-state index contributed by atoms with van der Waals surface area (Å²) in [6.07, 6.45) is -3.89. The molecule has 2 atom stereocenters. The van der Waals surface area contributed by atoms with Crippen molar-refractivity contribution >= 4 is 17.9 Å². The lowest BCUT2D eigenvalue weighted by Crippen LogP contribution is -2.48. The fourth-order valence-electron chi connectivity index (χ4n) is 2.89. The number of fused-ring (bicyclic) bond motifs is 2. The Kier molecular flexibility index (Phi) is 5.19. The third-order valence-corrected chi connectivity index (χ3v) is 3.96. The zero-order chi connectivity index (χ0) is 19.0. The van der Waals surface area contributed by atoms with Gasteiger partial charge in [0.2, 0.25) is 5.91 Å². The first-order valence-corrected chi connectivity index (χ1v) is 7.67. The number of esters is 1. The summed E-state index contributed by atoms with van der Waals surface area (Å²) in [5, 5.41) is 0.424. The number of halogens is 2. The highest BCUT2D eigenvalue weighted by atomic mass is 19.3. The molecule has 11 heteroatoms. The van der Waals surface area contributed by atoms with E-state index >= 15 is 0 Å². The van der Waals surface area contributed by atoms with Crippen molar-refractivity contribution < 1.29 is 37.5 Å². The Hall–Kier alpha value is -2.01. The van der Waals surface area contributed by atoms with Crippen molar-refractivity contribution in [3.63, 3.8) is 0 Å². The highest BCUT2D eigenvalue weighted by molar-refractivity contribution is 5.87. The van der Waals surface area contributed by atoms with Gasteiger partial charge in [0, 0.05) is 13.7 Å². The number of carbonyl (C=O) groups excluding carboxylic acids is 3. The molecule has 2 heterocycles. The van der Waals surface area contributed by atoms with Gasteiger partial charge in [-0.05, 0) is 26.7 Å². The van der Waals surface area contributed by atoms with Crippen LogP contribution in [0.25, 0.3) is 0 Å². The molecule has 9 nitrogen and oxygen atoms in total. The summed E-state index contributed by atoms with van der Waals surface area (Å²) in [6, 6.07) is -2.51. The van der Waals surface area contributed by atoms with Crippen molar-refractivity contribution in [1.82, 2.24) is 9.96 Å². The third kappa shape index (κ3) is 3.98. The molecule has 2 fully saturated rings. The van der Waals surface area contributed by atoms with Crippen LogP contribution in [0, 0.1) is 0 Å². The number of amides is 3. The van der Waals surface area contributed by atoms with Gasteiger partial charge in [0.1, 0.15) is 11.6 Å². The van der Waals surface area contributed by atoms with E-state index in [1.807, 2.05) is 0 Å². The highest BCUT2D eigenvalue weighted by Gasteiger charge is 2.54. The Labute approximate surface area is 142 Å². The average molecular weight is 365 g/mol. The molecule has 142 valence electrons. The number of urea groups is 1. The maximum absolute atomic E-state index is 14.1. The van der Waals surface area contributed by atoms with Crippen LogP contribution in [0.4, 0.5) is 13.6 Å². The summed E-state index contributed by atoms with van der Waals surface area (Å²) in [5.74, 6) is -2.66. The molecule has 2 bridgehead atoms. The number of primary amides is 1. The number of hydroxylamine groups is 2. The van der Waals surface area contributed by atoms with E-state index in [2.05, 4.69) is 4.84 Å². The molecule has 2 rings (SSSR count). The SMILES string of the molecule is COCC(C)(C)OC(=O)C(F)(F)ON1C(=O)N2C[C@H]1CC[C@H]2C(N)=O. The summed E-state index contributed by atoms with van der Waals surface area (Å²) in [6.45, 7) is 2.70. The van der Waals surface area contributed by atoms with Gasteiger partial charge in [-0.25, -0.2) is 9.59 Å². The molecule has 25 heavy (non-hydrogen) atoms. The van der Waals surface area contributed by atoms with E-state index < -0.39 is 41.7 Å². The van der Waals surface area contributed by atoms with E-state index in [9.17, 15) is 23.2 Å². The number of nitrogens with zero attached hydrogens (tertiary/aromatic N) is 2. The third-order valence-electron chi connectivity index (χ3n) is 3.96. The molecule has 0 unspecified atom stereocenters. The van der Waals surface area contributed by atoms with Crippen LogP contribution in [0.3, 0.4) is 0 Å². The van der Waals surface area contributed by atoms with E-state index in [0.29, 0.717) is 5.06 Å². The summed E-state index contributed by atoms with van der Waals surface area (Å²) in [5.41, 5.74) is 3.90. The molecule has 2 aliphatic heterocycles. The zero-order valence-electron chi connectivity index (χ0n) is 14.2. The van der Waals surface area contributed by atoms with Gasteiger partial charge in [-0.2, -0.15) is 18.7 Å². The predicted octanol–water partition coefficient (Wildman–Crippen LogP) is 0.233. The monoisotopic (exact) mass is 365 g/mol. The van der Waals surface area contributed by atoms with Crippen molar-refractivity contribution in [2.24, 2.45) is 5.73 Å². The first kappa shape index (κ1) is 19.3. The van der Waals surface area contributed by atoms with Crippen LogP contribution in [-0.4, -0.2) is 71.9 Å². The van der Waals surface area contributed by atoms with Gasteiger partial charge in [0.15, 0.2) is 0 Å². The summed E-state index contributed by atoms with van der Waals surface area (Å²) < 4.78 is 37.6. The van der Waals surface area contributed by atoms with Crippen molar-refractivity contribution in [3.8, 4) is 0 Å². The highest BCUT2D eigenvalue weighted by Crippen LogP contribution is 2.33. The normalized spacial score (nSPS) is 23.8. The molecule has 0 aliphatic carbocycles. The number of hydrogen-bond donors (Lipinski definition) is 1. The second-order valence-corrected chi connectivity index (χ2v) is 6.60. The van der Waals surface area contributed by atoms with E-state index in [1.165, 1.54) is 21.0 Å². The number of methoxy groups -OCH3 is 1. The van der Waals surface area contributed by atoms with Crippen LogP contribution in [0.5, 0.6) is 0 Å². The van der Waals surface area contributed by atoms with Gasteiger partial charge in [-0.1, -0.05) is 0 Å².